The minimum absolute atomic E-state index is 0.139. The molecule has 11 heteroatoms. The van der Waals surface area contributed by atoms with Gasteiger partial charge in [0.05, 0.1) is 17.5 Å². The second kappa shape index (κ2) is 10.6. The highest BCUT2D eigenvalue weighted by atomic mass is 32.2. The molecule has 3 aliphatic rings. The first-order valence-corrected chi connectivity index (χ1v) is 15.7. The van der Waals surface area contributed by atoms with Gasteiger partial charge in [0.2, 0.25) is 10.0 Å². The zero-order chi connectivity index (χ0) is 29.7. The molecule has 222 valence electrons. The summed E-state index contributed by atoms with van der Waals surface area (Å²) >= 11 is 0. The summed E-state index contributed by atoms with van der Waals surface area (Å²) in [5.41, 5.74) is 3.30. The number of rotatable bonds is 6. The number of fused-ring (bicyclic) bond motifs is 1. The van der Waals surface area contributed by atoms with Crippen molar-refractivity contribution >= 4 is 49.1 Å². The van der Waals surface area contributed by atoms with E-state index >= 15 is 4.39 Å². The molecule has 42 heavy (non-hydrogen) atoms. The molecule has 2 saturated heterocycles. The van der Waals surface area contributed by atoms with Gasteiger partial charge in [0.1, 0.15) is 10.7 Å². The molecule has 0 amide bonds. The van der Waals surface area contributed by atoms with Gasteiger partial charge in [0.15, 0.2) is 0 Å². The van der Waals surface area contributed by atoms with Crippen molar-refractivity contribution in [2.75, 3.05) is 36.0 Å². The number of piperidine rings is 2. The summed E-state index contributed by atoms with van der Waals surface area (Å²) in [5, 5.41) is 15.7. The quantitative estimate of drug-likeness (QED) is 0.250. The number of nitrogens with two attached hydrogens (primary N) is 1. The van der Waals surface area contributed by atoms with Gasteiger partial charge in [0.25, 0.3) is 5.92 Å². The normalized spacial score (nSPS) is 20.8. The zero-order valence-corrected chi connectivity index (χ0v) is 23.9. The number of alkyl halides is 2. The van der Waals surface area contributed by atoms with Crippen LogP contribution in [0.5, 0.6) is 0 Å². The van der Waals surface area contributed by atoms with Gasteiger partial charge in [-0.05, 0) is 67.0 Å². The molecular formula is C31H33F3N4O3S. The number of aliphatic hydroxyl groups is 1. The Morgan fingerprint density at radius 3 is 2.19 bits per heavy atom. The van der Waals surface area contributed by atoms with Crippen molar-refractivity contribution in [3.8, 4) is 0 Å². The van der Waals surface area contributed by atoms with E-state index < -0.39 is 26.7 Å². The lowest BCUT2D eigenvalue weighted by molar-refractivity contribution is -0.0220. The summed E-state index contributed by atoms with van der Waals surface area (Å²) in [7, 11) is -4.20. The van der Waals surface area contributed by atoms with Crippen LogP contribution in [0.4, 0.5) is 24.5 Å². The molecule has 3 N–H and O–H groups in total. The lowest BCUT2D eigenvalue weighted by Crippen LogP contribution is -2.39. The molecular weight excluding hydrogens is 565 g/mol. The van der Waals surface area contributed by atoms with Crippen molar-refractivity contribution in [2.45, 2.75) is 44.4 Å². The average Bonchev–Trinajstić information content (AvgIpc) is 3.72. The topological polar surface area (TPSA) is 99.8 Å². The number of aliphatic hydroxyl groups excluding tert-OH is 1. The Kier molecular flexibility index (Phi) is 7.21. The molecule has 1 spiro atoms. The molecule has 1 aromatic heterocycles. The number of nitrogens with zero attached hydrogens (tertiary/aromatic N) is 3. The number of primary sulfonamides is 1. The number of benzene rings is 2. The molecule has 2 aliphatic heterocycles. The fourth-order valence-electron chi connectivity index (χ4n) is 6.15. The molecule has 2 aromatic carbocycles. The maximum Gasteiger partial charge on any atom is 0.251 e. The third kappa shape index (κ3) is 5.72. The standard InChI is InChI=1S/C31H33F3N4O3S/c32-25(24-16-23-2-1-11-36-29(23)27(19-24)38-14-9-31(33,34)10-15-38)17-21-3-4-22(28(20-39)42(35,40)41)18-26(21)37-12-7-30(5-6-30)8-13-37/h1-4,11,16-20,39H,5-10,12-15H2,(H2,35,40,41)/b25-17-,28-20?. The molecule has 0 unspecified atom stereocenters. The smallest absolute Gasteiger partial charge is 0.251 e. The van der Waals surface area contributed by atoms with Gasteiger partial charge in [-0.1, -0.05) is 18.2 Å². The third-order valence-electron chi connectivity index (χ3n) is 8.94. The van der Waals surface area contributed by atoms with Crippen LogP contribution in [0.2, 0.25) is 0 Å². The molecule has 3 heterocycles. The van der Waals surface area contributed by atoms with Crippen molar-refractivity contribution in [3.63, 3.8) is 0 Å². The average molecular weight is 599 g/mol. The first-order chi connectivity index (χ1) is 20.0. The Balaban J connectivity index is 1.40. The molecule has 6 rings (SSSR count). The molecule has 3 fully saturated rings. The summed E-state index contributed by atoms with van der Waals surface area (Å²) in [6.07, 6.45) is 7.36. The highest BCUT2D eigenvalue weighted by Gasteiger charge is 2.44. The van der Waals surface area contributed by atoms with E-state index in [1.165, 1.54) is 25.0 Å². The number of hydrogen-bond acceptors (Lipinski definition) is 6. The molecule has 0 bridgehead atoms. The summed E-state index contributed by atoms with van der Waals surface area (Å²) in [4.78, 5) is 7.99. The highest BCUT2D eigenvalue weighted by Crippen LogP contribution is 2.54. The lowest BCUT2D eigenvalue weighted by Gasteiger charge is -2.35. The van der Waals surface area contributed by atoms with Gasteiger partial charge in [-0.3, -0.25) is 4.98 Å². The fourth-order valence-corrected chi connectivity index (χ4v) is 6.75. The van der Waals surface area contributed by atoms with Gasteiger partial charge in [-0.15, -0.1) is 0 Å². The monoisotopic (exact) mass is 598 g/mol. The van der Waals surface area contributed by atoms with Crippen molar-refractivity contribution in [3.05, 3.63) is 71.6 Å². The minimum atomic E-state index is -4.20. The zero-order valence-electron chi connectivity index (χ0n) is 23.1. The predicted octanol–water partition coefficient (Wildman–Crippen LogP) is 6.46. The van der Waals surface area contributed by atoms with Crippen LogP contribution in [-0.4, -0.2) is 50.6 Å². The highest BCUT2D eigenvalue weighted by molar-refractivity contribution is 7.98. The van der Waals surface area contributed by atoms with E-state index in [2.05, 4.69) is 9.88 Å². The van der Waals surface area contributed by atoms with Crippen LogP contribution in [0.25, 0.3) is 27.7 Å². The van der Waals surface area contributed by atoms with Gasteiger partial charge >= 0.3 is 0 Å². The maximum absolute atomic E-state index is 16.1. The van der Waals surface area contributed by atoms with E-state index in [0.717, 1.165) is 25.9 Å². The van der Waals surface area contributed by atoms with E-state index in [-0.39, 0.29) is 37.1 Å². The van der Waals surface area contributed by atoms with Gasteiger partial charge < -0.3 is 14.9 Å². The largest absolute Gasteiger partial charge is 0.514 e. The Labute approximate surface area is 243 Å². The molecule has 7 nitrogen and oxygen atoms in total. The van der Waals surface area contributed by atoms with Crippen LogP contribution in [0, 0.1) is 5.41 Å². The van der Waals surface area contributed by atoms with Gasteiger partial charge in [0, 0.05) is 67.4 Å². The SMILES string of the molecule is NS(=O)(=O)C(=CO)c1ccc(/C=C(\F)c2cc(N3CCC(F)(F)CC3)c3ncccc3c2)c(N2CCC3(CC2)CC3)c1. The molecule has 3 aromatic rings. The Morgan fingerprint density at radius 2 is 1.55 bits per heavy atom. The van der Waals surface area contributed by atoms with E-state index in [0.29, 0.717) is 39.5 Å². The second-order valence-corrected chi connectivity index (χ2v) is 13.2. The van der Waals surface area contributed by atoms with Crippen molar-refractivity contribution in [1.82, 2.24) is 4.98 Å². The van der Waals surface area contributed by atoms with Crippen LogP contribution >= 0.6 is 0 Å². The van der Waals surface area contributed by atoms with Crippen LogP contribution in [-0.2, 0) is 10.0 Å². The van der Waals surface area contributed by atoms with E-state index in [9.17, 15) is 22.3 Å². The summed E-state index contributed by atoms with van der Waals surface area (Å²) in [6, 6.07) is 11.7. The fraction of sp³-hybridized carbons (Fsp3) is 0.387. The Morgan fingerprint density at radius 1 is 0.905 bits per heavy atom. The number of pyridine rings is 1. The van der Waals surface area contributed by atoms with E-state index in [1.54, 1.807) is 36.5 Å². The van der Waals surface area contributed by atoms with Gasteiger partial charge in [-0.25, -0.2) is 26.7 Å². The third-order valence-corrected chi connectivity index (χ3v) is 9.89. The van der Waals surface area contributed by atoms with E-state index in [4.69, 9.17) is 5.14 Å². The molecule has 1 aliphatic carbocycles. The number of aromatic nitrogens is 1. The number of halogens is 3. The number of hydrogen-bond donors (Lipinski definition) is 2. The number of sulfonamides is 1. The second-order valence-electron chi connectivity index (χ2n) is 11.7. The summed E-state index contributed by atoms with van der Waals surface area (Å²) in [5.74, 6) is -3.24. The number of anilines is 2. The van der Waals surface area contributed by atoms with Crippen molar-refractivity contribution in [1.29, 1.82) is 0 Å². The van der Waals surface area contributed by atoms with E-state index in [1.807, 2.05) is 11.0 Å². The Bertz CT molecular complexity index is 1680. The van der Waals surface area contributed by atoms with Crippen LogP contribution in [0.3, 0.4) is 0 Å². The first-order valence-electron chi connectivity index (χ1n) is 14.1. The van der Waals surface area contributed by atoms with Crippen molar-refractivity contribution in [2.24, 2.45) is 10.6 Å². The molecule has 1 saturated carbocycles. The molecule has 0 atom stereocenters. The molecule has 0 radical (unpaired) electrons. The van der Waals surface area contributed by atoms with Crippen LogP contribution in [0.1, 0.15) is 55.2 Å². The van der Waals surface area contributed by atoms with Crippen LogP contribution in [0.15, 0.2) is 54.9 Å². The van der Waals surface area contributed by atoms with Gasteiger partial charge in [-0.2, -0.15) is 0 Å². The summed E-state index contributed by atoms with van der Waals surface area (Å²) < 4.78 is 68.1. The Hall–Kier alpha value is -3.57. The van der Waals surface area contributed by atoms with Crippen LogP contribution < -0.4 is 14.9 Å². The predicted molar refractivity (Wildman–Crippen MR) is 160 cm³/mol. The maximum atomic E-state index is 16.1. The first kappa shape index (κ1) is 28.5. The lowest BCUT2D eigenvalue weighted by atomic mass is 9.92. The van der Waals surface area contributed by atoms with Crippen molar-refractivity contribution < 1.29 is 26.7 Å². The summed E-state index contributed by atoms with van der Waals surface area (Å²) in [6.45, 7) is 1.76. The minimum Gasteiger partial charge on any atom is -0.514 e.